The minimum absolute atomic E-state index is 0.00548. The molecule has 1 aromatic carbocycles. The number of carbonyl (C=O) groups excluding carboxylic acids is 2. The highest BCUT2D eigenvalue weighted by Gasteiger charge is 2.35. The summed E-state index contributed by atoms with van der Waals surface area (Å²) < 4.78 is 0. The van der Waals surface area contributed by atoms with Crippen molar-refractivity contribution in [3.05, 3.63) is 34.9 Å². The molecule has 1 saturated carbocycles. The Morgan fingerprint density at radius 3 is 2.73 bits per heavy atom. The lowest BCUT2D eigenvalue weighted by Gasteiger charge is -2.23. The zero-order valence-electron chi connectivity index (χ0n) is 13.1. The summed E-state index contributed by atoms with van der Waals surface area (Å²) in [5.41, 5.74) is 2.95. The second kappa shape index (κ2) is 6.32. The number of benzene rings is 1. The van der Waals surface area contributed by atoms with Crippen LogP contribution in [-0.4, -0.2) is 40.9 Å². The number of hydrogen-bond donors (Lipinski definition) is 1. The molecular weight excluding hydrogens is 296 g/mol. The van der Waals surface area contributed by atoms with E-state index in [0.717, 1.165) is 12.1 Å². The van der Waals surface area contributed by atoms with Crippen LogP contribution < -0.4 is 5.32 Å². The standard InChI is InChI=1S/C17H22N2O2S/c1-11-3-6-14(7-12(11)2)17(21)19-10-22-9-15(19)16(20)18-8-13-4-5-13/h3,6-7,13,15H,4-5,8-10H2,1-2H3,(H,18,20). The molecule has 0 spiro atoms. The van der Waals surface area contributed by atoms with Crippen LogP contribution in [0.2, 0.25) is 0 Å². The quantitative estimate of drug-likeness (QED) is 0.927. The predicted molar refractivity (Wildman–Crippen MR) is 88.9 cm³/mol. The Morgan fingerprint density at radius 1 is 1.27 bits per heavy atom. The molecule has 1 N–H and O–H groups in total. The fourth-order valence-electron chi connectivity index (χ4n) is 2.59. The molecule has 2 aliphatic rings. The van der Waals surface area contributed by atoms with Gasteiger partial charge in [-0.1, -0.05) is 6.07 Å². The predicted octanol–water partition coefficient (Wildman–Crippen LogP) is 2.34. The van der Waals surface area contributed by atoms with Crippen LogP contribution in [0.1, 0.15) is 34.3 Å². The van der Waals surface area contributed by atoms with Gasteiger partial charge >= 0.3 is 0 Å². The number of hydrogen-bond acceptors (Lipinski definition) is 3. The Balaban J connectivity index is 1.69. The number of amides is 2. The minimum atomic E-state index is -0.335. The first-order chi connectivity index (χ1) is 10.6. The molecule has 0 radical (unpaired) electrons. The van der Waals surface area contributed by atoms with Crippen molar-refractivity contribution in [1.82, 2.24) is 10.2 Å². The molecule has 3 rings (SSSR count). The fourth-order valence-corrected chi connectivity index (χ4v) is 3.74. The first-order valence-electron chi connectivity index (χ1n) is 7.80. The van der Waals surface area contributed by atoms with E-state index in [1.807, 2.05) is 32.0 Å². The summed E-state index contributed by atoms with van der Waals surface area (Å²) in [6, 6.07) is 5.40. The highest BCUT2D eigenvalue weighted by Crippen LogP contribution is 2.28. The van der Waals surface area contributed by atoms with Gasteiger partial charge in [-0.2, -0.15) is 0 Å². The topological polar surface area (TPSA) is 49.4 Å². The molecule has 1 aliphatic heterocycles. The number of aryl methyl sites for hydroxylation is 2. The summed E-state index contributed by atoms with van der Waals surface area (Å²) in [7, 11) is 0. The maximum Gasteiger partial charge on any atom is 0.255 e. The summed E-state index contributed by atoms with van der Waals surface area (Å²) >= 11 is 1.64. The Morgan fingerprint density at radius 2 is 2.05 bits per heavy atom. The summed E-state index contributed by atoms with van der Waals surface area (Å²) in [6.45, 7) is 4.79. The lowest BCUT2D eigenvalue weighted by atomic mass is 10.1. The van der Waals surface area contributed by atoms with Gasteiger partial charge in [-0.3, -0.25) is 9.59 Å². The third-order valence-electron chi connectivity index (χ3n) is 4.46. The molecular formula is C17H22N2O2S. The van der Waals surface area contributed by atoms with Crippen LogP contribution in [0.3, 0.4) is 0 Å². The normalized spacial score (nSPS) is 21.0. The Hall–Kier alpha value is -1.49. The number of carbonyl (C=O) groups is 2. The maximum atomic E-state index is 12.7. The van der Waals surface area contributed by atoms with Gasteiger partial charge in [-0.25, -0.2) is 0 Å². The average Bonchev–Trinajstić information content (AvgIpc) is 3.21. The smallest absolute Gasteiger partial charge is 0.255 e. The van der Waals surface area contributed by atoms with E-state index < -0.39 is 0 Å². The Labute approximate surface area is 135 Å². The van der Waals surface area contributed by atoms with Crippen molar-refractivity contribution in [1.29, 1.82) is 0 Å². The molecule has 1 atom stereocenters. The molecule has 4 nitrogen and oxygen atoms in total. The first-order valence-corrected chi connectivity index (χ1v) is 8.95. The Bertz CT molecular complexity index is 598. The van der Waals surface area contributed by atoms with Crippen molar-refractivity contribution in [2.75, 3.05) is 18.2 Å². The first kappa shape index (κ1) is 15.4. The largest absolute Gasteiger partial charge is 0.354 e. The van der Waals surface area contributed by atoms with Crippen molar-refractivity contribution < 1.29 is 9.59 Å². The van der Waals surface area contributed by atoms with Gasteiger partial charge in [0.1, 0.15) is 6.04 Å². The van der Waals surface area contributed by atoms with E-state index in [9.17, 15) is 9.59 Å². The highest BCUT2D eigenvalue weighted by molar-refractivity contribution is 7.99. The van der Waals surface area contributed by atoms with Gasteiger partial charge in [0.25, 0.3) is 5.91 Å². The molecule has 1 aliphatic carbocycles. The molecule has 118 valence electrons. The summed E-state index contributed by atoms with van der Waals surface area (Å²) in [6.07, 6.45) is 2.43. The van der Waals surface area contributed by atoms with Gasteiger partial charge in [0.2, 0.25) is 5.91 Å². The van der Waals surface area contributed by atoms with E-state index in [-0.39, 0.29) is 17.9 Å². The van der Waals surface area contributed by atoms with Crippen LogP contribution in [0.5, 0.6) is 0 Å². The number of nitrogens with zero attached hydrogens (tertiary/aromatic N) is 1. The third-order valence-corrected chi connectivity index (χ3v) is 5.47. The second-order valence-corrected chi connectivity index (χ2v) is 7.28. The van der Waals surface area contributed by atoms with E-state index in [2.05, 4.69) is 5.32 Å². The Kier molecular flexibility index (Phi) is 4.43. The van der Waals surface area contributed by atoms with E-state index in [1.165, 1.54) is 18.4 Å². The molecule has 2 fully saturated rings. The van der Waals surface area contributed by atoms with Gasteiger partial charge in [-0.15, -0.1) is 11.8 Å². The molecule has 1 aromatic rings. The molecule has 0 aromatic heterocycles. The summed E-state index contributed by atoms with van der Waals surface area (Å²) in [5, 5.41) is 3.00. The van der Waals surface area contributed by atoms with Gasteiger partial charge in [0, 0.05) is 17.9 Å². The van der Waals surface area contributed by atoms with Gasteiger partial charge in [-0.05, 0) is 55.9 Å². The fraction of sp³-hybridized carbons (Fsp3) is 0.529. The van der Waals surface area contributed by atoms with Gasteiger partial charge in [0.05, 0.1) is 5.88 Å². The lowest BCUT2D eigenvalue weighted by molar-refractivity contribution is -0.124. The van der Waals surface area contributed by atoms with Crippen LogP contribution in [-0.2, 0) is 4.79 Å². The SMILES string of the molecule is Cc1ccc(C(=O)N2CSCC2C(=O)NCC2CC2)cc1C. The lowest BCUT2D eigenvalue weighted by Crippen LogP contribution is -2.47. The van der Waals surface area contributed by atoms with Gasteiger partial charge in [0.15, 0.2) is 0 Å². The van der Waals surface area contributed by atoms with E-state index in [0.29, 0.717) is 23.1 Å². The van der Waals surface area contributed by atoms with Crippen LogP contribution in [0.25, 0.3) is 0 Å². The summed E-state index contributed by atoms with van der Waals surface area (Å²) in [5.74, 6) is 1.89. The van der Waals surface area contributed by atoms with Crippen molar-refractivity contribution in [3.63, 3.8) is 0 Å². The molecule has 1 saturated heterocycles. The van der Waals surface area contributed by atoms with Crippen LogP contribution >= 0.6 is 11.8 Å². The molecule has 1 unspecified atom stereocenters. The minimum Gasteiger partial charge on any atom is -0.354 e. The maximum absolute atomic E-state index is 12.7. The molecule has 5 heteroatoms. The van der Waals surface area contributed by atoms with E-state index in [1.54, 1.807) is 16.7 Å². The second-order valence-electron chi connectivity index (χ2n) is 6.28. The van der Waals surface area contributed by atoms with Crippen molar-refractivity contribution in [2.45, 2.75) is 32.7 Å². The zero-order valence-corrected chi connectivity index (χ0v) is 13.9. The molecule has 2 amide bonds. The van der Waals surface area contributed by atoms with E-state index >= 15 is 0 Å². The highest BCUT2D eigenvalue weighted by atomic mass is 32.2. The van der Waals surface area contributed by atoms with Crippen LogP contribution in [0, 0.1) is 19.8 Å². The van der Waals surface area contributed by atoms with E-state index in [4.69, 9.17) is 0 Å². The molecule has 0 bridgehead atoms. The monoisotopic (exact) mass is 318 g/mol. The van der Waals surface area contributed by atoms with Crippen LogP contribution in [0.15, 0.2) is 18.2 Å². The van der Waals surface area contributed by atoms with Crippen LogP contribution in [0.4, 0.5) is 0 Å². The van der Waals surface area contributed by atoms with Crippen molar-refractivity contribution in [3.8, 4) is 0 Å². The molecule has 22 heavy (non-hydrogen) atoms. The molecule has 1 heterocycles. The van der Waals surface area contributed by atoms with Crippen molar-refractivity contribution >= 4 is 23.6 Å². The number of thioether (sulfide) groups is 1. The summed E-state index contributed by atoms with van der Waals surface area (Å²) in [4.78, 5) is 26.7. The van der Waals surface area contributed by atoms with Crippen molar-refractivity contribution in [2.24, 2.45) is 5.92 Å². The van der Waals surface area contributed by atoms with Gasteiger partial charge < -0.3 is 10.2 Å². The third kappa shape index (κ3) is 3.29. The zero-order chi connectivity index (χ0) is 15.7. The number of nitrogens with one attached hydrogen (secondary N) is 1. The average molecular weight is 318 g/mol. The number of rotatable bonds is 4.